The number of nitrogens with one attached hydrogen (secondary N) is 1. The molecule has 2 aliphatic rings. The Hall–Kier alpha value is -0.970. The zero-order valence-corrected chi connectivity index (χ0v) is 15.5. The van der Waals surface area contributed by atoms with Gasteiger partial charge in [0.25, 0.3) is 0 Å². The molecule has 1 unspecified atom stereocenters. The van der Waals surface area contributed by atoms with Gasteiger partial charge in [0.2, 0.25) is 0 Å². The highest BCUT2D eigenvalue weighted by Gasteiger charge is 2.34. The molecule has 2 nitrogen and oxygen atoms in total. The number of methoxy groups -OCH3 is 1. The zero-order chi connectivity index (χ0) is 15.8. The topological polar surface area (TPSA) is 21.3 Å². The highest BCUT2D eigenvalue weighted by Crippen LogP contribution is 2.53. The van der Waals surface area contributed by atoms with Crippen molar-refractivity contribution in [1.82, 2.24) is 5.32 Å². The van der Waals surface area contributed by atoms with Crippen molar-refractivity contribution in [3.63, 3.8) is 0 Å². The summed E-state index contributed by atoms with van der Waals surface area (Å²) >= 11 is 5.47. The Morgan fingerprint density at radius 1 is 1.13 bits per heavy atom. The summed E-state index contributed by atoms with van der Waals surface area (Å²) in [6.07, 6.45) is 2.48. The minimum atomic E-state index is 0.478. The predicted molar refractivity (Wildman–Crippen MR) is 98.7 cm³/mol. The monoisotopic (exact) mass is 389 g/mol. The second-order valence-corrected chi connectivity index (χ2v) is 8.20. The van der Waals surface area contributed by atoms with Crippen molar-refractivity contribution in [2.75, 3.05) is 20.2 Å². The van der Waals surface area contributed by atoms with Crippen molar-refractivity contribution in [3.05, 3.63) is 52.0 Å². The minimum absolute atomic E-state index is 0.478. The van der Waals surface area contributed by atoms with Crippen LogP contribution in [0.2, 0.25) is 0 Å². The first-order valence-electron chi connectivity index (χ1n) is 8.13. The third kappa shape index (κ3) is 2.81. The van der Waals surface area contributed by atoms with Crippen LogP contribution in [0.3, 0.4) is 0 Å². The molecule has 1 atom stereocenters. The number of hydrogen-bond acceptors (Lipinski definition) is 3. The Morgan fingerprint density at radius 2 is 1.96 bits per heavy atom. The molecule has 0 aromatic heterocycles. The molecule has 4 heteroatoms. The number of rotatable bonds is 2. The van der Waals surface area contributed by atoms with Crippen LogP contribution >= 0.6 is 27.7 Å². The van der Waals surface area contributed by atoms with Crippen LogP contribution in [0.4, 0.5) is 0 Å². The van der Waals surface area contributed by atoms with Gasteiger partial charge in [-0.2, -0.15) is 0 Å². The molecule has 4 rings (SSSR count). The minimum Gasteiger partial charge on any atom is -0.496 e. The second kappa shape index (κ2) is 6.50. The maximum absolute atomic E-state index is 5.65. The number of halogens is 1. The normalized spacial score (nSPS) is 20.7. The molecule has 0 aliphatic carbocycles. The molecular weight excluding hydrogens is 370 g/mol. The van der Waals surface area contributed by atoms with Crippen LogP contribution in [0.25, 0.3) is 0 Å². The van der Waals surface area contributed by atoms with Gasteiger partial charge in [0.05, 0.1) is 12.0 Å². The van der Waals surface area contributed by atoms with Crippen molar-refractivity contribution >= 4 is 27.7 Å². The molecule has 0 amide bonds. The Labute approximate surface area is 150 Å². The third-order valence-electron chi connectivity index (χ3n) is 4.94. The average molecular weight is 390 g/mol. The lowest BCUT2D eigenvalue weighted by Gasteiger charge is -2.36. The molecule has 23 heavy (non-hydrogen) atoms. The summed E-state index contributed by atoms with van der Waals surface area (Å²) in [5, 5.41) is 3.50. The van der Waals surface area contributed by atoms with Gasteiger partial charge in [-0.3, -0.25) is 0 Å². The van der Waals surface area contributed by atoms with E-state index in [0.29, 0.717) is 11.8 Å². The Balaban J connectivity index is 1.87. The van der Waals surface area contributed by atoms with E-state index < -0.39 is 0 Å². The fourth-order valence-electron chi connectivity index (χ4n) is 3.86. The molecule has 1 fully saturated rings. The molecule has 2 heterocycles. The molecule has 1 N–H and O–H groups in total. The average Bonchev–Trinajstić information content (AvgIpc) is 2.59. The summed E-state index contributed by atoms with van der Waals surface area (Å²) in [4.78, 5) is 2.66. The summed E-state index contributed by atoms with van der Waals surface area (Å²) in [6, 6.07) is 13.2. The highest BCUT2D eigenvalue weighted by atomic mass is 79.9. The van der Waals surface area contributed by atoms with E-state index in [-0.39, 0.29) is 0 Å². The van der Waals surface area contributed by atoms with Crippen molar-refractivity contribution in [3.8, 4) is 5.75 Å². The summed E-state index contributed by atoms with van der Waals surface area (Å²) < 4.78 is 6.79. The van der Waals surface area contributed by atoms with Crippen LogP contribution < -0.4 is 10.1 Å². The summed E-state index contributed by atoms with van der Waals surface area (Å²) in [7, 11) is 1.77. The Bertz CT molecular complexity index is 727. The number of benzene rings is 2. The van der Waals surface area contributed by atoms with E-state index in [1.54, 1.807) is 7.11 Å². The Morgan fingerprint density at radius 3 is 2.74 bits per heavy atom. The lowest BCUT2D eigenvalue weighted by Crippen LogP contribution is -2.32. The molecule has 0 spiro atoms. The summed E-state index contributed by atoms with van der Waals surface area (Å²) in [6.45, 7) is 2.25. The first-order valence-corrected chi connectivity index (χ1v) is 9.74. The van der Waals surface area contributed by atoms with Crippen molar-refractivity contribution in [2.45, 2.75) is 28.6 Å². The van der Waals surface area contributed by atoms with Crippen LogP contribution in [0, 0.1) is 5.92 Å². The lowest BCUT2D eigenvalue weighted by atomic mass is 9.76. The fourth-order valence-corrected chi connectivity index (χ4v) is 5.66. The number of fused-ring (bicyclic) bond motifs is 2. The van der Waals surface area contributed by atoms with E-state index in [4.69, 9.17) is 4.74 Å². The molecule has 2 aromatic carbocycles. The molecule has 0 saturated carbocycles. The summed E-state index contributed by atoms with van der Waals surface area (Å²) in [5.41, 5.74) is 2.92. The van der Waals surface area contributed by atoms with Gasteiger partial charge in [0.15, 0.2) is 0 Å². The first kappa shape index (κ1) is 15.6. The molecule has 120 valence electrons. The van der Waals surface area contributed by atoms with Crippen LogP contribution in [0.1, 0.15) is 29.9 Å². The van der Waals surface area contributed by atoms with E-state index >= 15 is 0 Å². The van der Waals surface area contributed by atoms with E-state index in [9.17, 15) is 0 Å². The van der Waals surface area contributed by atoms with Gasteiger partial charge in [0, 0.05) is 15.3 Å². The fraction of sp³-hybridized carbons (Fsp3) is 0.368. The standard InChI is InChI=1S/C19H20BrNOS/c1-22-16-4-2-3-15-18(12-7-9-21-10-8-12)14-6-5-13(20)11-17(14)23-19(15)16/h2-6,11-12,18,21H,7-10H2,1H3. The van der Waals surface area contributed by atoms with Gasteiger partial charge >= 0.3 is 0 Å². The van der Waals surface area contributed by atoms with E-state index in [1.807, 2.05) is 11.8 Å². The van der Waals surface area contributed by atoms with Crippen LogP contribution in [0.15, 0.2) is 50.7 Å². The maximum atomic E-state index is 5.65. The van der Waals surface area contributed by atoms with Crippen LogP contribution in [-0.4, -0.2) is 20.2 Å². The van der Waals surface area contributed by atoms with E-state index in [2.05, 4.69) is 57.6 Å². The second-order valence-electron chi connectivity index (χ2n) is 6.23. The highest BCUT2D eigenvalue weighted by molar-refractivity contribution is 9.10. The molecule has 2 aromatic rings. The van der Waals surface area contributed by atoms with Gasteiger partial charge in [-0.25, -0.2) is 0 Å². The number of piperidine rings is 1. The third-order valence-corrected chi connectivity index (χ3v) is 6.65. The van der Waals surface area contributed by atoms with Crippen LogP contribution in [-0.2, 0) is 0 Å². The molecular formula is C19H20BrNOS. The van der Waals surface area contributed by atoms with Gasteiger partial charge in [-0.1, -0.05) is 45.9 Å². The maximum Gasteiger partial charge on any atom is 0.133 e. The SMILES string of the molecule is COc1cccc2c1Sc1cc(Br)ccc1C2C1CCNCC1. The lowest BCUT2D eigenvalue weighted by molar-refractivity contribution is 0.335. The number of ether oxygens (including phenoxy) is 1. The molecule has 0 bridgehead atoms. The first-order chi connectivity index (χ1) is 11.3. The molecule has 1 saturated heterocycles. The summed E-state index contributed by atoms with van der Waals surface area (Å²) in [5.74, 6) is 2.17. The molecule has 0 radical (unpaired) electrons. The number of hydrogen-bond donors (Lipinski definition) is 1. The van der Waals surface area contributed by atoms with E-state index in [0.717, 1.165) is 23.3 Å². The predicted octanol–water partition coefficient (Wildman–Crippen LogP) is 5.05. The van der Waals surface area contributed by atoms with Gasteiger partial charge in [-0.05, 0) is 61.2 Å². The van der Waals surface area contributed by atoms with Gasteiger partial charge < -0.3 is 10.1 Å². The zero-order valence-electron chi connectivity index (χ0n) is 13.1. The van der Waals surface area contributed by atoms with Gasteiger partial charge in [-0.15, -0.1) is 0 Å². The van der Waals surface area contributed by atoms with Gasteiger partial charge in [0.1, 0.15) is 5.75 Å². The van der Waals surface area contributed by atoms with Crippen molar-refractivity contribution in [1.29, 1.82) is 0 Å². The smallest absolute Gasteiger partial charge is 0.133 e. The largest absolute Gasteiger partial charge is 0.496 e. The Kier molecular flexibility index (Phi) is 4.39. The van der Waals surface area contributed by atoms with Crippen LogP contribution in [0.5, 0.6) is 5.75 Å². The van der Waals surface area contributed by atoms with E-state index in [1.165, 1.54) is 33.8 Å². The van der Waals surface area contributed by atoms with Crippen molar-refractivity contribution in [2.24, 2.45) is 5.92 Å². The molecule has 2 aliphatic heterocycles. The quantitative estimate of drug-likeness (QED) is 0.775. The van der Waals surface area contributed by atoms with Crippen molar-refractivity contribution < 1.29 is 4.74 Å².